The number of benzene rings is 2. The maximum absolute atomic E-state index is 12.0. The summed E-state index contributed by atoms with van der Waals surface area (Å²) in [5, 5.41) is 2.29. The maximum atomic E-state index is 12.0. The van der Waals surface area contributed by atoms with Crippen molar-refractivity contribution in [1.82, 2.24) is 15.4 Å². The highest BCUT2D eigenvalue weighted by atomic mass is 16.7. The van der Waals surface area contributed by atoms with Crippen LogP contribution in [0, 0.1) is 6.92 Å². The Hall–Kier alpha value is -3.36. The van der Waals surface area contributed by atoms with E-state index in [2.05, 4.69) is 34.7 Å². The van der Waals surface area contributed by atoms with Crippen LogP contribution < -0.4 is 15.0 Å². The van der Waals surface area contributed by atoms with E-state index in [0.29, 0.717) is 44.0 Å². The lowest BCUT2D eigenvalue weighted by atomic mass is 9.97. The summed E-state index contributed by atoms with van der Waals surface area (Å²) in [7, 11) is 3.07. The average molecular weight is 450 g/mol. The SMILES string of the molecule is CONC(=O)N1CCC2(CC1)OCc1cc(-c3ccc4c(C)nccc4c3)cc(OC)c1O2. The summed E-state index contributed by atoms with van der Waals surface area (Å²) in [6.45, 7) is 3.45. The predicted molar refractivity (Wildman–Crippen MR) is 123 cm³/mol. The molecule has 1 spiro atoms. The number of carbonyl (C=O) groups excluding carboxylic acids is 1. The molecule has 3 heterocycles. The summed E-state index contributed by atoms with van der Waals surface area (Å²) < 4.78 is 18.3. The molecular weight excluding hydrogens is 422 g/mol. The van der Waals surface area contributed by atoms with Crippen molar-refractivity contribution < 1.29 is 23.8 Å². The number of urea groups is 1. The third kappa shape index (κ3) is 3.96. The van der Waals surface area contributed by atoms with Crippen molar-refractivity contribution in [2.75, 3.05) is 27.3 Å². The number of aromatic nitrogens is 1. The van der Waals surface area contributed by atoms with Crippen LogP contribution in [0.25, 0.3) is 21.9 Å². The second kappa shape index (κ2) is 8.53. The molecule has 0 saturated carbocycles. The standard InChI is InChI=1S/C25H27N3O5/c1-16-21-5-4-17(12-18(21)6-9-26-16)19-13-20-15-32-25(33-23(20)22(14-19)30-2)7-10-28(11-8-25)24(29)27-31-3/h4-6,9,12-14H,7-8,10-11,15H2,1-3H3,(H,27,29). The summed E-state index contributed by atoms with van der Waals surface area (Å²) in [4.78, 5) is 22.8. The number of carbonyl (C=O) groups is 1. The Morgan fingerprint density at radius 1 is 1.12 bits per heavy atom. The number of methoxy groups -OCH3 is 1. The number of likely N-dealkylation sites (tertiary alicyclic amines) is 1. The zero-order valence-electron chi connectivity index (χ0n) is 19.0. The first-order valence-corrected chi connectivity index (χ1v) is 11.0. The third-order valence-electron chi connectivity index (χ3n) is 6.43. The number of hydroxylamine groups is 1. The number of pyridine rings is 1. The van der Waals surface area contributed by atoms with E-state index in [9.17, 15) is 4.79 Å². The zero-order chi connectivity index (χ0) is 23.0. The molecule has 1 fully saturated rings. The highest BCUT2D eigenvalue weighted by Crippen LogP contribution is 2.45. The summed E-state index contributed by atoms with van der Waals surface area (Å²) in [6, 6.07) is 12.2. The van der Waals surface area contributed by atoms with E-state index in [4.69, 9.17) is 19.0 Å². The molecule has 2 aliphatic rings. The van der Waals surface area contributed by atoms with Crippen molar-refractivity contribution in [3.8, 4) is 22.6 Å². The number of hydrogen-bond donors (Lipinski definition) is 1. The largest absolute Gasteiger partial charge is 0.493 e. The van der Waals surface area contributed by atoms with Gasteiger partial charge in [-0.15, -0.1) is 0 Å². The molecule has 2 aromatic carbocycles. The molecule has 0 radical (unpaired) electrons. The van der Waals surface area contributed by atoms with Gasteiger partial charge in [0.05, 0.1) is 20.8 Å². The minimum atomic E-state index is -0.765. The van der Waals surface area contributed by atoms with E-state index < -0.39 is 5.79 Å². The van der Waals surface area contributed by atoms with Crippen LogP contribution in [0.15, 0.2) is 42.6 Å². The highest BCUT2D eigenvalue weighted by molar-refractivity contribution is 5.89. The Bertz CT molecular complexity index is 1190. The Morgan fingerprint density at radius 3 is 2.70 bits per heavy atom. The summed E-state index contributed by atoms with van der Waals surface area (Å²) in [5.41, 5.74) is 6.44. The first-order valence-electron chi connectivity index (χ1n) is 11.0. The topological polar surface area (TPSA) is 82.2 Å². The van der Waals surface area contributed by atoms with Gasteiger partial charge in [-0.3, -0.25) is 9.82 Å². The quantitative estimate of drug-likeness (QED) is 0.604. The molecule has 0 atom stereocenters. The molecule has 8 nitrogen and oxygen atoms in total. The van der Waals surface area contributed by atoms with Gasteiger partial charge in [0.15, 0.2) is 11.5 Å². The molecule has 2 aliphatic heterocycles. The van der Waals surface area contributed by atoms with Gasteiger partial charge in [0.1, 0.15) is 0 Å². The lowest BCUT2D eigenvalue weighted by Gasteiger charge is -2.44. The number of rotatable bonds is 3. The van der Waals surface area contributed by atoms with Crippen molar-refractivity contribution in [2.45, 2.75) is 32.2 Å². The Morgan fingerprint density at radius 2 is 1.94 bits per heavy atom. The van der Waals surface area contributed by atoms with Crippen LogP contribution in [0.5, 0.6) is 11.5 Å². The van der Waals surface area contributed by atoms with Crippen LogP contribution in [0.3, 0.4) is 0 Å². The van der Waals surface area contributed by atoms with Gasteiger partial charge in [-0.1, -0.05) is 12.1 Å². The van der Waals surface area contributed by atoms with Crippen molar-refractivity contribution in [3.05, 3.63) is 53.9 Å². The first kappa shape index (κ1) is 21.5. The summed E-state index contributed by atoms with van der Waals surface area (Å²) in [6.07, 6.45) is 2.96. The fourth-order valence-corrected chi connectivity index (χ4v) is 4.58. The minimum absolute atomic E-state index is 0.257. The molecule has 2 amide bonds. The number of fused-ring (bicyclic) bond motifs is 2. The fourth-order valence-electron chi connectivity index (χ4n) is 4.58. The Kier molecular flexibility index (Phi) is 5.55. The maximum Gasteiger partial charge on any atom is 0.341 e. The smallest absolute Gasteiger partial charge is 0.341 e. The number of ether oxygens (including phenoxy) is 3. The number of nitrogens with one attached hydrogen (secondary N) is 1. The monoisotopic (exact) mass is 449 g/mol. The van der Waals surface area contributed by atoms with Crippen LogP contribution >= 0.6 is 0 Å². The Labute approximate surface area is 192 Å². The number of nitrogens with zero attached hydrogens (tertiary/aromatic N) is 2. The predicted octanol–water partition coefficient (Wildman–Crippen LogP) is 4.19. The van der Waals surface area contributed by atoms with Gasteiger partial charge in [-0.25, -0.2) is 10.3 Å². The second-order valence-electron chi connectivity index (χ2n) is 8.40. The van der Waals surface area contributed by atoms with Gasteiger partial charge in [0, 0.05) is 48.8 Å². The molecular formula is C25H27N3O5. The molecule has 1 saturated heterocycles. The van der Waals surface area contributed by atoms with Gasteiger partial charge in [-0.2, -0.15) is 0 Å². The van der Waals surface area contributed by atoms with Gasteiger partial charge in [0.2, 0.25) is 5.79 Å². The van der Waals surface area contributed by atoms with E-state index in [1.165, 1.54) is 7.11 Å². The van der Waals surface area contributed by atoms with Crippen LogP contribution in [0.2, 0.25) is 0 Å². The van der Waals surface area contributed by atoms with E-state index in [1.807, 2.05) is 25.3 Å². The second-order valence-corrected chi connectivity index (χ2v) is 8.40. The van der Waals surface area contributed by atoms with Gasteiger partial charge >= 0.3 is 6.03 Å². The number of piperidine rings is 1. The molecule has 1 N–H and O–H groups in total. The molecule has 5 rings (SSSR count). The third-order valence-corrected chi connectivity index (χ3v) is 6.43. The molecule has 8 heteroatoms. The van der Waals surface area contributed by atoms with Crippen molar-refractivity contribution in [2.24, 2.45) is 0 Å². The molecule has 0 aliphatic carbocycles. The van der Waals surface area contributed by atoms with Gasteiger partial charge in [0.25, 0.3) is 0 Å². The van der Waals surface area contributed by atoms with Gasteiger partial charge in [-0.05, 0) is 47.7 Å². The summed E-state index contributed by atoms with van der Waals surface area (Å²) in [5.74, 6) is 0.623. The molecule has 3 aromatic rings. The molecule has 0 unspecified atom stereocenters. The van der Waals surface area contributed by atoms with Crippen molar-refractivity contribution >= 4 is 16.8 Å². The number of hydrogen-bond acceptors (Lipinski definition) is 6. The van der Waals surface area contributed by atoms with E-state index >= 15 is 0 Å². The first-order chi connectivity index (χ1) is 16.0. The molecule has 172 valence electrons. The highest BCUT2D eigenvalue weighted by Gasteiger charge is 2.43. The van der Waals surface area contributed by atoms with E-state index in [0.717, 1.165) is 33.2 Å². The van der Waals surface area contributed by atoms with Gasteiger partial charge < -0.3 is 19.1 Å². The van der Waals surface area contributed by atoms with Crippen molar-refractivity contribution in [1.29, 1.82) is 0 Å². The molecule has 0 bridgehead atoms. The zero-order valence-corrected chi connectivity index (χ0v) is 19.0. The normalized spacial score (nSPS) is 16.9. The number of aryl methyl sites for hydroxylation is 1. The van der Waals surface area contributed by atoms with E-state index in [-0.39, 0.29) is 6.03 Å². The number of amides is 2. The van der Waals surface area contributed by atoms with Crippen molar-refractivity contribution in [3.63, 3.8) is 0 Å². The van der Waals surface area contributed by atoms with Crippen LogP contribution in [0.4, 0.5) is 4.79 Å². The van der Waals surface area contributed by atoms with E-state index in [1.54, 1.807) is 12.0 Å². The molecule has 1 aromatic heterocycles. The van der Waals surface area contributed by atoms with Crippen LogP contribution in [0.1, 0.15) is 24.1 Å². The van der Waals surface area contributed by atoms with Crippen LogP contribution in [-0.2, 0) is 16.2 Å². The average Bonchev–Trinajstić information content (AvgIpc) is 2.84. The van der Waals surface area contributed by atoms with Crippen LogP contribution in [-0.4, -0.2) is 49.0 Å². The fraction of sp³-hybridized carbons (Fsp3) is 0.360. The summed E-state index contributed by atoms with van der Waals surface area (Å²) >= 11 is 0. The lowest BCUT2D eigenvalue weighted by molar-refractivity contribution is -0.226. The lowest BCUT2D eigenvalue weighted by Crippen LogP contribution is -2.54. The Balaban J connectivity index is 1.41. The molecule has 33 heavy (non-hydrogen) atoms. The minimum Gasteiger partial charge on any atom is -0.493 e.